The third-order valence-corrected chi connectivity index (χ3v) is 5.73. The molecule has 1 saturated heterocycles. The number of aliphatic hydroxyl groups excluding tert-OH is 1. The normalized spacial score (nSPS) is 17.6. The summed E-state index contributed by atoms with van der Waals surface area (Å²) >= 11 is 0. The summed E-state index contributed by atoms with van der Waals surface area (Å²) in [6.07, 6.45) is -4.59. The highest BCUT2D eigenvalue weighted by atomic mass is 19.4. The average molecular weight is 482 g/mol. The van der Waals surface area contributed by atoms with Gasteiger partial charge in [0.15, 0.2) is 0 Å². The van der Waals surface area contributed by atoms with Gasteiger partial charge in [-0.05, 0) is 42.3 Å². The zero-order chi connectivity index (χ0) is 25.5. The molecule has 4 rings (SSSR count). The molecule has 1 atom stereocenters. The molecule has 0 saturated carbocycles. The highest BCUT2D eigenvalue weighted by molar-refractivity contribution is 6.51. The molecule has 7 nitrogen and oxygen atoms in total. The number of benzene rings is 3. The van der Waals surface area contributed by atoms with Crippen molar-refractivity contribution in [2.75, 3.05) is 4.90 Å². The van der Waals surface area contributed by atoms with Crippen molar-refractivity contribution in [3.63, 3.8) is 0 Å². The largest absolute Gasteiger partial charge is 0.507 e. The first-order valence-electron chi connectivity index (χ1n) is 10.3. The molecule has 1 unspecified atom stereocenters. The zero-order valence-electron chi connectivity index (χ0n) is 18.1. The Hall–Kier alpha value is -4.47. The predicted molar refractivity (Wildman–Crippen MR) is 121 cm³/mol. The number of hydrogen-bond donors (Lipinski definition) is 1. The van der Waals surface area contributed by atoms with Gasteiger partial charge in [0.1, 0.15) is 5.76 Å². The average Bonchev–Trinajstić information content (AvgIpc) is 3.08. The van der Waals surface area contributed by atoms with Crippen LogP contribution in [0.15, 0.2) is 78.4 Å². The lowest BCUT2D eigenvalue weighted by Gasteiger charge is -2.27. The molecule has 3 aromatic carbocycles. The fourth-order valence-corrected chi connectivity index (χ4v) is 4.02. The lowest BCUT2D eigenvalue weighted by molar-refractivity contribution is -0.384. The van der Waals surface area contributed by atoms with Gasteiger partial charge in [0, 0.05) is 23.4 Å². The lowest BCUT2D eigenvalue weighted by atomic mass is 9.92. The number of aryl methyl sites for hydroxylation is 1. The Bertz CT molecular complexity index is 1380. The Morgan fingerprint density at radius 2 is 1.66 bits per heavy atom. The van der Waals surface area contributed by atoms with Crippen molar-refractivity contribution in [1.82, 2.24) is 0 Å². The van der Waals surface area contributed by atoms with Gasteiger partial charge < -0.3 is 5.11 Å². The number of nitro benzene ring substituents is 1. The van der Waals surface area contributed by atoms with Crippen LogP contribution in [0, 0.1) is 17.0 Å². The molecule has 1 fully saturated rings. The summed E-state index contributed by atoms with van der Waals surface area (Å²) in [6, 6.07) is 14.2. The Balaban J connectivity index is 1.93. The first-order valence-corrected chi connectivity index (χ1v) is 10.3. The molecule has 3 aromatic rings. The molecule has 0 bridgehead atoms. The number of halogens is 3. The van der Waals surface area contributed by atoms with Crippen LogP contribution in [0.25, 0.3) is 5.76 Å². The Morgan fingerprint density at radius 1 is 1.00 bits per heavy atom. The number of non-ortho nitro benzene ring substituents is 1. The molecule has 0 aliphatic carbocycles. The molecule has 1 amide bonds. The van der Waals surface area contributed by atoms with E-state index in [4.69, 9.17) is 0 Å². The van der Waals surface area contributed by atoms with Crippen molar-refractivity contribution in [1.29, 1.82) is 0 Å². The summed E-state index contributed by atoms with van der Waals surface area (Å²) in [5.74, 6) is -2.75. The Morgan fingerprint density at radius 3 is 2.26 bits per heavy atom. The summed E-state index contributed by atoms with van der Waals surface area (Å²) in [4.78, 5) is 37.8. The van der Waals surface area contributed by atoms with Crippen LogP contribution < -0.4 is 4.90 Å². The van der Waals surface area contributed by atoms with E-state index in [9.17, 15) is 38.0 Å². The van der Waals surface area contributed by atoms with E-state index in [-0.39, 0.29) is 22.5 Å². The molecule has 1 N–H and O–H groups in total. The Kier molecular flexibility index (Phi) is 5.89. The summed E-state index contributed by atoms with van der Waals surface area (Å²) in [6.45, 7) is 1.72. The van der Waals surface area contributed by atoms with E-state index in [0.29, 0.717) is 11.1 Å². The monoisotopic (exact) mass is 482 g/mol. The number of carbonyl (C=O) groups excluding carboxylic acids is 2. The minimum atomic E-state index is -4.59. The molecule has 0 spiro atoms. The number of nitro groups is 1. The minimum absolute atomic E-state index is 0.0199. The highest BCUT2D eigenvalue weighted by Gasteiger charge is 2.47. The fourth-order valence-electron chi connectivity index (χ4n) is 4.02. The van der Waals surface area contributed by atoms with Crippen molar-refractivity contribution in [2.24, 2.45) is 0 Å². The smallest absolute Gasteiger partial charge is 0.416 e. The van der Waals surface area contributed by atoms with Gasteiger partial charge in [-0.2, -0.15) is 13.2 Å². The molecular formula is C25H17F3N2O5. The summed E-state index contributed by atoms with van der Waals surface area (Å²) in [7, 11) is 0. The quantitative estimate of drug-likeness (QED) is 0.173. The molecule has 1 heterocycles. The van der Waals surface area contributed by atoms with Gasteiger partial charge in [-0.25, -0.2) is 0 Å². The van der Waals surface area contributed by atoms with E-state index in [1.54, 1.807) is 31.2 Å². The second-order valence-corrected chi connectivity index (χ2v) is 7.88. The first kappa shape index (κ1) is 23.7. The summed E-state index contributed by atoms with van der Waals surface area (Å²) in [5, 5.41) is 22.2. The number of Topliss-reactive ketones (excluding diaryl/α,β-unsaturated/α-hetero) is 1. The van der Waals surface area contributed by atoms with Crippen LogP contribution in [-0.2, 0) is 15.8 Å². The van der Waals surface area contributed by atoms with Crippen LogP contribution in [0.5, 0.6) is 0 Å². The fraction of sp³-hybridized carbons (Fsp3) is 0.120. The van der Waals surface area contributed by atoms with Crippen LogP contribution in [0.4, 0.5) is 24.5 Å². The van der Waals surface area contributed by atoms with E-state index in [1.165, 1.54) is 18.2 Å². The number of ketones is 1. The number of carbonyl (C=O) groups is 2. The van der Waals surface area contributed by atoms with Gasteiger partial charge in [0.25, 0.3) is 17.4 Å². The number of anilines is 1. The van der Waals surface area contributed by atoms with E-state index in [2.05, 4.69) is 0 Å². The van der Waals surface area contributed by atoms with Crippen molar-refractivity contribution < 1.29 is 32.8 Å². The number of aliphatic hydroxyl groups is 1. The van der Waals surface area contributed by atoms with Crippen LogP contribution in [-0.4, -0.2) is 21.7 Å². The van der Waals surface area contributed by atoms with Gasteiger partial charge in [-0.1, -0.05) is 36.4 Å². The molecule has 1 aliphatic rings. The predicted octanol–water partition coefficient (Wildman–Crippen LogP) is 5.55. The number of nitrogens with zero attached hydrogens (tertiary/aromatic N) is 2. The van der Waals surface area contributed by atoms with E-state index < -0.39 is 40.2 Å². The van der Waals surface area contributed by atoms with Gasteiger partial charge in [0.05, 0.1) is 22.1 Å². The van der Waals surface area contributed by atoms with Gasteiger partial charge in [-0.15, -0.1) is 0 Å². The lowest BCUT2D eigenvalue weighted by Crippen LogP contribution is -2.29. The first-order chi connectivity index (χ1) is 16.5. The molecule has 10 heteroatoms. The number of rotatable bonds is 4. The second kappa shape index (κ2) is 8.71. The van der Waals surface area contributed by atoms with E-state index >= 15 is 0 Å². The standard InChI is InChI=1S/C25H17F3N2O5/c1-14-5-2-3-8-19(14)21-20(22(31)15-6-4-7-18(13-15)30(34)35)23(32)24(33)29(21)17-11-9-16(10-12-17)25(26,27)28/h2-13,21,31H,1H3/b22-20+. The van der Waals surface area contributed by atoms with E-state index in [1.807, 2.05) is 0 Å². The maximum Gasteiger partial charge on any atom is 0.416 e. The third-order valence-electron chi connectivity index (χ3n) is 5.73. The number of amides is 1. The van der Waals surface area contributed by atoms with Crippen molar-refractivity contribution in [2.45, 2.75) is 19.1 Å². The van der Waals surface area contributed by atoms with Crippen molar-refractivity contribution in [3.8, 4) is 0 Å². The molecule has 1 aliphatic heterocycles. The van der Waals surface area contributed by atoms with E-state index in [0.717, 1.165) is 35.2 Å². The SMILES string of the molecule is Cc1ccccc1C1/C(=C(\O)c2cccc([N+](=O)[O-])c2)C(=O)C(=O)N1c1ccc(C(F)(F)F)cc1. The zero-order valence-corrected chi connectivity index (χ0v) is 18.1. The van der Waals surface area contributed by atoms with Crippen LogP contribution in [0.2, 0.25) is 0 Å². The van der Waals surface area contributed by atoms with Crippen molar-refractivity contribution >= 4 is 28.8 Å². The van der Waals surface area contributed by atoms with Gasteiger partial charge in [-0.3, -0.25) is 24.6 Å². The van der Waals surface area contributed by atoms with Crippen LogP contribution in [0.1, 0.15) is 28.3 Å². The van der Waals surface area contributed by atoms with Gasteiger partial charge >= 0.3 is 6.18 Å². The van der Waals surface area contributed by atoms with Crippen LogP contribution >= 0.6 is 0 Å². The van der Waals surface area contributed by atoms with Crippen molar-refractivity contribution in [3.05, 3.63) is 111 Å². The molecule has 35 heavy (non-hydrogen) atoms. The minimum Gasteiger partial charge on any atom is -0.507 e. The maximum atomic E-state index is 13.1. The number of alkyl halides is 3. The van der Waals surface area contributed by atoms with Crippen LogP contribution in [0.3, 0.4) is 0 Å². The molecular weight excluding hydrogens is 465 g/mol. The Labute approximate surface area is 196 Å². The highest BCUT2D eigenvalue weighted by Crippen LogP contribution is 2.43. The second-order valence-electron chi connectivity index (χ2n) is 7.88. The topological polar surface area (TPSA) is 101 Å². The molecule has 0 radical (unpaired) electrons. The number of hydrogen-bond acceptors (Lipinski definition) is 5. The van der Waals surface area contributed by atoms with Gasteiger partial charge in [0.2, 0.25) is 0 Å². The summed E-state index contributed by atoms with van der Waals surface area (Å²) in [5.41, 5.74) is -0.514. The summed E-state index contributed by atoms with van der Waals surface area (Å²) < 4.78 is 39.2. The maximum absolute atomic E-state index is 13.1. The molecule has 0 aromatic heterocycles. The third kappa shape index (κ3) is 4.25. The molecule has 178 valence electrons.